The van der Waals surface area contributed by atoms with Crippen molar-refractivity contribution in [3.05, 3.63) is 51.9 Å². The van der Waals surface area contributed by atoms with Gasteiger partial charge in [-0.3, -0.25) is 14.3 Å². The largest absolute Gasteiger partial charge is 0.293 e. The van der Waals surface area contributed by atoms with Crippen molar-refractivity contribution < 1.29 is 4.79 Å². The van der Waals surface area contributed by atoms with Crippen molar-refractivity contribution in [1.82, 2.24) is 9.36 Å². The van der Waals surface area contributed by atoms with Gasteiger partial charge in [0.1, 0.15) is 5.56 Å². The lowest BCUT2D eigenvalue weighted by Gasteiger charge is -2.07. The molecule has 0 fully saturated rings. The number of benzene rings is 1. The molecule has 1 atom stereocenters. The summed E-state index contributed by atoms with van der Waals surface area (Å²) in [6.07, 6.45) is 0.651. The Kier molecular flexibility index (Phi) is 4.28. The maximum atomic E-state index is 12.6. The number of hydrogen-bond donors (Lipinski definition) is 0. The Bertz CT molecular complexity index is 686. The molecule has 2 aromatic rings. The van der Waals surface area contributed by atoms with Gasteiger partial charge >= 0.3 is 0 Å². The molecule has 0 radical (unpaired) electrons. The first kappa shape index (κ1) is 14.8. The fraction of sp³-hybridized carbons (Fsp3) is 0.333. The van der Waals surface area contributed by atoms with Gasteiger partial charge in [-0.2, -0.15) is 0 Å². The Morgan fingerprint density at radius 1 is 1.30 bits per heavy atom. The number of carbonyl (C=O) groups excluding carboxylic acids is 1. The minimum Gasteiger partial charge on any atom is -0.293 e. The molecule has 0 saturated heterocycles. The molecule has 0 amide bonds. The van der Waals surface area contributed by atoms with Gasteiger partial charge in [-0.15, -0.1) is 0 Å². The van der Waals surface area contributed by atoms with E-state index in [1.807, 2.05) is 37.3 Å². The summed E-state index contributed by atoms with van der Waals surface area (Å²) in [5, 5.41) is 0. The summed E-state index contributed by atoms with van der Waals surface area (Å²) in [6.45, 7) is 3.70. The van der Waals surface area contributed by atoms with Crippen LogP contribution < -0.4 is 5.56 Å². The highest BCUT2D eigenvalue weighted by atomic mass is 79.9. The fourth-order valence-electron chi connectivity index (χ4n) is 2.19. The van der Waals surface area contributed by atoms with Crippen molar-refractivity contribution in [3.8, 4) is 5.69 Å². The maximum Gasteiger partial charge on any atom is 0.282 e. The highest BCUT2D eigenvalue weighted by Gasteiger charge is 2.25. The second-order valence-corrected chi connectivity index (χ2v) is 5.78. The zero-order valence-electron chi connectivity index (χ0n) is 11.8. The Morgan fingerprint density at radius 2 is 1.90 bits per heavy atom. The van der Waals surface area contributed by atoms with Crippen LogP contribution in [0.3, 0.4) is 0 Å². The van der Waals surface area contributed by atoms with E-state index in [4.69, 9.17) is 0 Å². The summed E-state index contributed by atoms with van der Waals surface area (Å²) in [6, 6.07) is 9.32. The second-order valence-electron chi connectivity index (χ2n) is 4.68. The molecule has 5 heteroatoms. The summed E-state index contributed by atoms with van der Waals surface area (Å²) in [7, 11) is 1.79. The third-order valence-electron chi connectivity index (χ3n) is 3.44. The monoisotopic (exact) mass is 336 g/mol. The van der Waals surface area contributed by atoms with Crippen molar-refractivity contribution in [2.45, 2.75) is 25.1 Å². The first-order valence-corrected chi connectivity index (χ1v) is 7.42. The smallest absolute Gasteiger partial charge is 0.282 e. The van der Waals surface area contributed by atoms with Gasteiger partial charge in [-0.1, -0.05) is 41.1 Å². The van der Waals surface area contributed by atoms with E-state index >= 15 is 0 Å². The van der Waals surface area contributed by atoms with Crippen LogP contribution in [-0.2, 0) is 7.05 Å². The normalized spacial score (nSPS) is 12.4. The van der Waals surface area contributed by atoms with Crippen molar-refractivity contribution in [2.75, 3.05) is 0 Å². The van der Waals surface area contributed by atoms with E-state index in [-0.39, 0.29) is 21.7 Å². The van der Waals surface area contributed by atoms with Gasteiger partial charge in [0.2, 0.25) is 0 Å². The van der Waals surface area contributed by atoms with E-state index in [1.54, 1.807) is 18.7 Å². The third kappa shape index (κ3) is 2.38. The van der Waals surface area contributed by atoms with Crippen LogP contribution in [0.4, 0.5) is 0 Å². The summed E-state index contributed by atoms with van der Waals surface area (Å²) < 4.78 is 3.25. The van der Waals surface area contributed by atoms with Crippen LogP contribution in [-0.4, -0.2) is 20.0 Å². The predicted molar refractivity (Wildman–Crippen MR) is 83.1 cm³/mol. The first-order chi connectivity index (χ1) is 9.49. The zero-order valence-corrected chi connectivity index (χ0v) is 13.3. The van der Waals surface area contributed by atoms with E-state index in [1.165, 1.54) is 4.68 Å². The number of Topliss-reactive ketones (excluding diaryl/α,β-unsaturated/α-hetero) is 1. The number of aromatic nitrogens is 2. The van der Waals surface area contributed by atoms with E-state index in [2.05, 4.69) is 15.9 Å². The van der Waals surface area contributed by atoms with E-state index in [0.717, 1.165) is 5.69 Å². The van der Waals surface area contributed by atoms with Crippen molar-refractivity contribution >= 4 is 21.7 Å². The summed E-state index contributed by atoms with van der Waals surface area (Å²) in [5.41, 5.74) is 1.44. The molecule has 0 aliphatic rings. The quantitative estimate of drug-likeness (QED) is 0.636. The molecule has 1 aromatic carbocycles. The average Bonchev–Trinajstić information content (AvgIpc) is 2.68. The Balaban J connectivity index is 2.64. The fourth-order valence-corrected chi connectivity index (χ4v) is 2.42. The molecular formula is C15H17BrN2O2. The maximum absolute atomic E-state index is 12.6. The number of nitrogens with zero attached hydrogens (tertiary/aromatic N) is 2. The van der Waals surface area contributed by atoms with Crippen molar-refractivity contribution in [1.29, 1.82) is 0 Å². The molecule has 1 aromatic heterocycles. The highest BCUT2D eigenvalue weighted by molar-refractivity contribution is 9.10. The molecule has 1 unspecified atom stereocenters. The molecule has 0 spiro atoms. The molecule has 2 rings (SSSR count). The molecule has 0 aliphatic carbocycles. The van der Waals surface area contributed by atoms with E-state index in [0.29, 0.717) is 12.1 Å². The Hall–Kier alpha value is -1.62. The second kappa shape index (κ2) is 5.79. The van der Waals surface area contributed by atoms with Crippen LogP contribution in [0.2, 0.25) is 0 Å². The molecule has 4 nitrogen and oxygen atoms in total. The lowest BCUT2D eigenvalue weighted by molar-refractivity contribution is 0.0988. The van der Waals surface area contributed by atoms with Crippen molar-refractivity contribution in [3.63, 3.8) is 0 Å². The first-order valence-electron chi connectivity index (χ1n) is 6.51. The summed E-state index contributed by atoms with van der Waals surface area (Å²) in [5.74, 6) is -0.153. The minimum atomic E-state index is -0.319. The summed E-state index contributed by atoms with van der Waals surface area (Å²) in [4.78, 5) is 24.6. The molecule has 0 bridgehead atoms. The van der Waals surface area contributed by atoms with Gasteiger partial charge in [0.15, 0.2) is 5.78 Å². The number of halogens is 1. The zero-order chi connectivity index (χ0) is 14.9. The number of hydrogen-bond acceptors (Lipinski definition) is 2. The SMILES string of the molecule is CCC(Br)C(=O)c1c(C)n(C)n(-c2ccccc2)c1=O. The molecule has 0 aliphatic heterocycles. The Labute approximate surface area is 126 Å². The third-order valence-corrected chi connectivity index (χ3v) is 4.51. The summed E-state index contributed by atoms with van der Waals surface area (Å²) >= 11 is 3.33. The van der Waals surface area contributed by atoms with Crippen LogP contribution in [0.5, 0.6) is 0 Å². The minimum absolute atomic E-state index is 0.153. The molecular weight excluding hydrogens is 320 g/mol. The van der Waals surface area contributed by atoms with Crippen LogP contribution in [0.15, 0.2) is 35.1 Å². The van der Waals surface area contributed by atoms with Crippen LogP contribution in [0, 0.1) is 6.92 Å². The highest BCUT2D eigenvalue weighted by Crippen LogP contribution is 2.16. The number of alkyl halides is 1. The average molecular weight is 337 g/mol. The van der Waals surface area contributed by atoms with Gasteiger partial charge in [0.25, 0.3) is 5.56 Å². The molecule has 106 valence electrons. The van der Waals surface area contributed by atoms with E-state index in [9.17, 15) is 9.59 Å². The lowest BCUT2D eigenvalue weighted by atomic mass is 10.1. The molecule has 20 heavy (non-hydrogen) atoms. The van der Waals surface area contributed by atoms with Gasteiger partial charge in [-0.05, 0) is 25.5 Å². The topological polar surface area (TPSA) is 44.0 Å². The standard InChI is InChI=1S/C15H17BrN2O2/c1-4-12(16)14(19)13-10(2)17(3)18(15(13)20)11-8-6-5-7-9-11/h5-9,12H,4H2,1-3H3. The van der Waals surface area contributed by atoms with Gasteiger partial charge < -0.3 is 0 Å². The molecule has 0 saturated carbocycles. The molecule has 1 heterocycles. The lowest BCUT2D eigenvalue weighted by Crippen LogP contribution is -2.25. The Morgan fingerprint density at radius 3 is 2.45 bits per heavy atom. The van der Waals surface area contributed by atoms with Crippen LogP contribution >= 0.6 is 15.9 Å². The number of para-hydroxylation sites is 1. The number of carbonyl (C=O) groups is 1. The van der Waals surface area contributed by atoms with Crippen LogP contribution in [0.1, 0.15) is 29.4 Å². The van der Waals surface area contributed by atoms with Gasteiger partial charge in [0.05, 0.1) is 10.5 Å². The van der Waals surface area contributed by atoms with E-state index < -0.39 is 0 Å². The van der Waals surface area contributed by atoms with Gasteiger partial charge in [-0.25, -0.2) is 4.68 Å². The number of rotatable bonds is 4. The van der Waals surface area contributed by atoms with Crippen molar-refractivity contribution in [2.24, 2.45) is 7.05 Å². The number of ketones is 1. The predicted octanol–water partition coefficient (Wildman–Crippen LogP) is 2.84. The molecule has 0 N–H and O–H groups in total. The van der Waals surface area contributed by atoms with Crippen LogP contribution in [0.25, 0.3) is 5.69 Å². The van der Waals surface area contributed by atoms with Gasteiger partial charge in [0, 0.05) is 12.7 Å².